The van der Waals surface area contributed by atoms with Crippen LogP contribution in [-0.4, -0.2) is 23.9 Å². The predicted octanol–water partition coefficient (Wildman–Crippen LogP) is 1.84. The van der Waals surface area contributed by atoms with E-state index in [9.17, 15) is 14.9 Å². The van der Waals surface area contributed by atoms with Crippen molar-refractivity contribution in [2.24, 2.45) is 5.92 Å². The largest absolute Gasteiger partial charge is 0.320 e. The molecule has 1 fully saturated rings. The molecular weight excluding hydrogens is 246 g/mol. The van der Waals surface area contributed by atoms with E-state index in [0.717, 1.165) is 24.9 Å². The molecule has 2 rings (SSSR count). The van der Waals surface area contributed by atoms with Gasteiger partial charge in [-0.1, -0.05) is 6.07 Å². The van der Waals surface area contributed by atoms with Crippen LogP contribution in [0.2, 0.25) is 0 Å². The van der Waals surface area contributed by atoms with Crippen LogP contribution in [0.5, 0.6) is 0 Å². The average Bonchev–Trinajstić information content (AvgIpc) is 2.39. The fraction of sp³-hybridized carbons (Fsp3) is 0.462. The molecule has 1 atom stereocenters. The summed E-state index contributed by atoms with van der Waals surface area (Å²) in [6, 6.07) is 4.71. The fourth-order valence-electron chi connectivity index (χ4n) is 2.22. The molecule has 1 aromatic rings. The number of amides is 1. The highest BCUT2D eigenvalue weighted by molar-refractivity contribution is 5.95. The summed E-state index contributed by atoms with van der Waals surface area (Å²) in [5.41, 5.74) is 1.09. The number of hydrogen-bond donors (Lipinski definition) is 2. The van der Waals surface area contributed by atoms with Gasteiger partial charge in [-0.3, -0.25) is 14.9 Å². The van der Waals surface area contributed by atoms with Gasteiger partial charge >= 0.3 is 0 Å². The number of anilines is 1. The summed E-state index contributed by atoms with van der Waals surface area (Å²) in [4.78, 5) is 22.5. The van der Waals surface area contributed by atoms with Crippen molar-refractivity contribution in [1.29, 1.82) is 0 Å². The third-order valence-electron chi connectivity index (χ3n) is 3.27. The predicted molar refractivity (Wildman–Crippen MR) is 72.1 cm³/mol. The first-order valence-electron chi connectivity index (χ1n) is 6.34. The first kappa shape index (κ1) is 13.5. The molecule has 102 valence electrons. The van der Waals surface area contributed by atoms with Gasteiger partial charge in [-0.05, 0) is 37.9 Å². The lowest BCUT2D eigenvalue weighted by Gasteiger charge is -2.21. The monoisotopic (exact) mass is 263 g/mol. The lowest BCUT2D eigenvalue weighted by molar-refractivity contribution is -0.383. The highest BCUT2D eigenvalue weighted by Crippen LogP contribution is 2.26. The van der Waals surface area contributed by atoms with Crippen LogP contribution in [-0.2, 0) is 4.79 Å². The Kier molecular flexibility index (Phi) is 4.11. The van der Waals surface area contributed by atoms with Gasteiger partial charge in [0.1, 0.15) is 5.69 Å². The van der Waals surface area contributed by atoms with Gasteiger partial charge in [0.15, 0.2) is 0 Å². The Morgan fingerprint density at radius 2 is 2.32 bits per heavy atom. The molecule has 6 heteroatoms. The number of nitrogens with one attached hydrogen (secondary N) is 2. The summed E-state index contributed by atoms with van der Waals surface area (Å²) < 4.78 is 0. The summed E-state index contributed by atoms with van der Waals surface area (Å²) in [6.45, 7) is 3.39. The lowest BCUT2D eigenvalue weighted by Crippen LogP contribution is -2.37. The van der Waals surface area contributed by atoms with Gasteiger partial charge in [0.25, 0.3) is 5.69 Å². The quantitative estimate of drug-likeness (QED) is 0.643. The molecule has 6 nitrogen and oxygen atoms in total. The number of aryl methyl sites for hydroxylation is 1. The van der Waals surface area contributed by atoms with Crippen molar-refractivity contribution < 1.29 is 9.72 Å². The molecule has 0 bridgehead atoms. The van der Waals surface area contributed by atoms with Crippen molar-refractivity contribution in [2.45, 2.75) is 19.8 Å². The highest BCUT2D eigenvalue weighted by atomic mass is 16.6. The molecule has 1 aliphatic rings. The van der Waals surface area contributed by atoms with E-state index in [4.69, 9.17) is 0 Å². The second-order valence-electron chi connectivity index (χ2n) is 4.81. The maximum Gasteiger partial charge on any atom is 0.292 e. The Labute approximate surface area is 111 Å². The van der Waals surface area contributed by atoms with Gasteiger partial charge in [-0.15, -0.1) is 0 Å². The van der Waals surface area contributed by atoms with Crippen LogP contribution in [0.15, 0.2) is 18.2 Å². The minimum absolute atomic E-state index is 0.0669. The van der Waals surface area contributed by atoms with Crippen molar-refractivity contribution in [3.63, 3.8) is 0 Å². The molecule has 19 heavy (non-hydrogen) atoms. The summed E-state index contributed by atoms with van der Waals surface area (Å²) in [5.74, 6) is -0.269. The number of piperidine rings is 1. The second-order valence-corrected chi connectivity index (χ2v) is 4.81. The van der Waals surface area contributed by atoms with Gasteiger partial charge in [0, 0.05) is 12.6 Å². The average molecular weight is 263 g/mol. The molecule has 0 spiro atoms. The zero-order chi connectivity index (χ0) is 13.8. The molecule has 1 amide bonds. The van der Waals surface area contributed by atoms with E-state index in [1.165, 1.54) is 6.07 Å². The van der Waals surface area contributed by atoms with Crippen LogP contribution >= 0.6 is 0 Å². The number of nitrogens with zero attached hydrogens (tertiary/aromatic N) is 1. The number of carbonyl (C=O) groups is 1. The Hall–Kier alpha value is -1.95. The van der Waals surface area contributed by atoms with E-state index in [0.29, 0.717) is 6.54 Å². The maximum absolute atomic E-state index is 12.1. The van der Waals surface area contributed by atoms with Crippen LogP contribution in [0, 0.1) is 23.0 Å². The zero-order valence-electron chi connectivity index (χ0n) is 10.8. The first-order chi connectivity index (χ1) is 9.08. The smallest absolute Gasteiger partial charge is 0.292 e. The summed E-state index contributed by atoms with van der Waals surface area (Å²) in [6.07, 6.45) is 1.77. The summed E-state index contributed by atoms with van der Waals surface area (Å²) in [7, 11) is 0. The molecule has 2 N–H and O–H groups in total. The topological polar surface area (TPSA) is 84.3 Å². The van der Waals surface area contributed by atoms with Crippen LogP contribution in [0.4, 0.5) is 11.4 Å². The van der Waals surface area contributed by atoms with Crippen LogP contribution < -0.4 is 10.6 Å². The number of nitro groups is 1. The highest BCUT2D eigenvalue weighted by Gasteiger charge is 2.23. The number of benzene rings is 1. The SMILES string of the molecule is Cc1ccc([N+](=O)[O-])c(NC(=O)C2CCCNC2)c1. The van der Waals surface area contributed by atoms with Crippen molar-refractivity contribution in [2.75, 3.05) is 18.4 Å². The minimum Gasteiger partial charge on any atom is -0.320 e. The van der Waals surface area contributed by atoms with Crippen molar-refractivity contribution >= 4 is 17.3 Å². The Bertz CT molecular complexity index is 496. The Morgan fingerprint density at radius 1 is 1.53 bits per heavy atom. The fourth-order valence-corrected chi connectivity index (χ4v) is 2.22. The Morgan fingerprint density at radius 3 is 2.95 bits per heavy atom. The van der Waals surface area contributed by atoms with E-state index in [1.807, 2.05) is 6.92 Å². The summed E-state index contributed by atoms with van der Waals surface area (Å²) in [5, 5.41) is 16.8. The maximum atomic E-state index is 12.1. The molecule has 0 saturated carbocycles. The second kappa shape index (κ2) is 5.79. The first-order valence-corrected chi connectivity index (χ1v) is 6.34. The molecule has 1 saturated heterocycles. The molecule has 0 aliphatic carbocycles. The van der Waals surface area contributed by atoms with Crippen molar-refractivity contribution in [1.82, 2.24) is 5.32 Å². The van der Waals surface area contributed by atoms with Crippen LogP contribution in [0.25, 0.3) is 0 Å². The summed E-state index contributed by atoms with van der Waals surface area (Å²) >= 11 is 0. The number of carbonyl (C=O) groups excluding carboxylic acids is 1. The molecule has 1 unspecified atom stereocenters. The van der Waals surface area contributed by atoms with E-state index >= 15 is 0 Å². The molecule has 1 aromatic carbocycles. The van der Waals surface area contributed by atoms with Gasteiger partial charge in [-0.25, -0.2) is 0 Å². The van der Waals surface area contributed by atoms with E-state index in [2.05, 4.69) is 10.6 Å². The lowest BCUT2D eigenvalue weighted by atomic mass is 9.98. The molecular formula is C13H17N3O3. The standard InChI is InChI=1S/C13H17N3O3/c1-9-4-5-12(16(18)19)11(7-9)15-13(17)10-3-2-6-14-8-10/h4-5,7,10,14H,2-3,6,8H2,1H3,(H,15,17). The molecule has 1 heterocycles. The van der Waals surface area contributed by atoms with Gasteiger partial charge < -0.3 is 10.6 Å². The van der Waals surface area contributed by atoms with Crippen molar-refractivity contribution in [3.05, 3.63) is 33.9 Å². The number of rotatable bonds is 3. The van der Waals surface area contributed by atoms with Gasteiger partial charge in [-0.2, -0.15) is 0 Å². The third-order valence-corrected chi connectivity index (χ3v) is 3.27. The molecule has 0 aromatic heterocycles. The Balaban J connectivity index is 2.15. The number of hydrogen-bond acceptors (Lipinski definition) is 4. The van der Waals surface area contributed by atoms with Crippen LogP contribution in [0.3, 0.4) is 0 Å². The third kappa shape index (κ3) is 3.29. The van der Waals surface area contributed by atoms with Crippen molar-refractivity contribution in [3.8, 4) is 0 Å². The van der Waals surface area contributed by atoms with E-state index < -0.39 is 4.92 Å². The van der Waals surface area contributed by atoms with E-state index in [-0.39, 0.29) is 23.2 Å². The molecule has 0 radical (unpaired) electrons. The van der Waals surface area contributed by atoms with Gasteiger partial charge in [0.05, 0.1) is 10.8 Å². The minimum atomic E-state index is -0.478. The zero-order valence-corrected chi connectivity index (χ0v) is 10.8. The number of nitro benzene ring substituents is 1. The van der Waals surface area contributed by atoms with E-state index in [1.54, 1.807) is 12.1 Å². The molecule has 1 aliphatic heterocycles. The van der Waals surface area contributed by atoms with Crippen LogP contribution in [0.1, 0.15) is 18.4 Å². The van der Waals surface area contributed by atoms with Gasteiger partial charge in [0.2, 0.25) is 5.91 Å². The normalized spacial score (nSPS) is 18.9.